The predicted molar refractivity (Wildman–Crippen MR) is 142 cm³/mol. The first kappa shape index (κ1) is 24.9. The molecule has 11 heteroatoms. The molecular formula is C27H21N3O7S. The number of hydrogen-bond donors (Lipinski definition) is 1. The largest absolute Gasteiger partial charge is 0.507 e. The molecule has 0 bridgehead atoms. The number of carbonyl (C=O) groups is 2. The van der Waals surface area contributed by atoms with Crippen LogP contribution >= 0.6 is 11.3 Å². The molecule has 5 rings (SSSR count). The van der Waals surface area contributed by atoms with Crippen LogP contribution in [0.3, 0.4) is 0 Å². The molecule has 1 aliphatic heterocycles. The van der Waals surface area contributed by atoms with Crippen LogP contribution < -0.4 is 14.4 Å². The van der Waals surface area contributed by atoms with Crippen molar-refractivity contribution in [3.63, 3.8) is 0 Å². The quantitative estimate of drug-likeness (QED) is 0.119. The molecule has 2 heterocycles. The highest BCUT2D eigenvalue weighted by atomic mass is 32.1. The number of aryl methyl sites for hydroxylation is 1. The molecule has 10 nitrogen and oxygen atoms in total. The van der Waals surface area contributed by atoms with Crippen molar-refractivity contribution in [2.45, 2.75) is 13.0 Å². The van der Waals surface area contributed by atoms with Gasteiger partial charge in [-0.2, -0.15) is 0 Å². The molecule has 0 unspecified atom stereocenters. The minimum atomic E-state index is -1.07. The summed E-state index contributed by atoms with van der Waals surface area (Å²) in [4.78, 5) is 43.3. The van der Waals surface area contributed by atoms with Gasteiger partial charge >= 0.3 is 5.91 Å². The lowest BCUT2D eigenvalue weighted by atomic mass is 9.94. The van der Waals surface area contributed by atoms with Crippen LogP contribution in [0, 0.1) is 17.0 Å². The molecule has 1 saturated heterocycles. The summed E-state index contributed by atoms with van der Waals surface area (Å²) in [6.45, 7) is 1.79. The van der Waals surface area contributed by atoms with E-state index < -0.39 is 22.7 Å². The monoisotopic (exact) mass is 531 g/mol. The van der Waals surface area contributed by atoms with E-state index in [4.69, 9.17) is 9.47 Å². The normalized spacial score (nSPS) is 16.7. The van der Waals surface area contributed by atoms with Crippen molar-refractivity contribution in [1.82, 2.24) is 4.98 Å². The van der Waals surface area contributed by atoms with E-state index in [1.54, 1.807) is 43.3 Å². The number of amides is 1. The molecule has 0 aliphatic carbocycles. The Morgan fingerprint density at radius 3 is 2.42 bits per heavy atom. The molecule has 0 radical (unpaired) electrons. The van der Waals surface area contributed by atoms with Gasteiger partial charge < -0.3 is 14.6 Å². The first-order valence-corrected chi connectivity index (χ1v) is 12.2. The standard InChI is InChI=1S/C27H21N3O7S/c1-14-12-16(6-11-20(14)37-3)24(31)22-23(15-4-7-17(8-5-15)30(34)35)29(26(33)25(22)32)27-28-19-10-9-18(36-2)13-21(19)38-27/h4-13,23,31H,1-3H3/t23-/m1/s1. The maximum Gasteiger partial charge on any atom is 0.301 e. The average molecular weight is 532 g/mol. The average Bonchev–Trinajstić information content (AvgIpc) is 3.45. The molecule has 1 aromatic heterocycles. The fourth-order valence-electron chi connectivity index (χ4n) is 4.43. The molecule has 1 N–H and O–H groups in total. The van der Waals surface area contributed by atoms with Gasteiger partial charge in [0, 0.05) is 17.7 Å². The van der Waals surface area contributed by atoms with Gasteiger partial charge in [-0.05, 0) is 66.6 Å². The van der Waals surface area contributed by atoms with Crippen LogP contribution in [0.4, 0.5) is 10.8 Å². The third-order valence-electron chi connectivity index (χ3n) is 6.32. The van der Waals surface area contributed by atoms with E-state index in [-0.39, 0.29) is 22.2 Å². The molecular weight excluding hydrogens is 510 g/mol. The number of fused-ring (bicyclic) bond motifs is 1. The van der Waals surface area contributed by atoms with Crippen molar-refractivity contribution in [2.75, 3.05) is 19.1 Å². The molecule has 192 valence electrons. The van der Waals surface area contributed by atoms with Gasteiger partial charge in [-0.25, -0.2) is 4.98 Å². The number of thiazole rings is 1. The first-order valence-electron chi connectivity index (χ1n) is 11.4. The van der Waals surface area contributed by atoms with Crippen molar-refractivity contribution in [3.05, 3.63) is 93.0 Å². The van der Waals surface area contributed by atoms with E-state index in [0.29, 0.717) is 28.1 Å². The molecule has 1 amide bonds. The van der Waals surface area contributed by atoms with Gasteiger partial charge in [0.2, 0.25) is 0 Å². The Bertz CT molecular complexity index is 1640. The lowest BCUT2D eigenvalue weighted by Crippen LogP contribution is -2.29. The maximum atomic E-state index is 13.4. The first-order chi connectivity index (χ1) is 18.2. The van der Waals surface area contributed by atoms with Crippen LogP contribution in [0.15, 0.2) is 66.2 Å². The molecule has 0 saturated carbocycles. The number of aliphatic hydroxyl groups is 1. The van der Waals surface area contributed by atoms with Gasteiger partial charge in [0.25, 0.3) is 11.5 Å². The van der Waals surface area contributed by atoms with Gasteiger partial charge in [0.05, 0.1) is 41.0 Å². The van der Waals surface area contributed by atoms with E-state index >= 15 is 0 Å². The summed E-state index contributed by atoms with van der Waals surface area (Å²) in [6, 6.07) is 14.6. The fourth-order valence-corrected chi connectivity index (χ4v) is 5.45. The number of non-ortho nitro benzene ring substituents is 1. The Balaban J connectivity index is 1.71. The number of nitro benzene ring substituents is 1. The van der Waals surface area contributed by atoms with E-state index in [1.165, 1.54) is 54.7 Å². The molecule has 1 aliphatic rings. The Morgan fingerprint density at radius 2 is 1.79 bits per heavy atom. The Hall–Kier alpha value is -4.77. The number of aromatic nitrogens is 1. The number of carbonyl (C=O) groups excluding carboxylic acids is 2. The molecule has 0 spiro atoms. The van der Waals surface area contributed by atoms with E-state index in [2.05, 4.69) is 4.98 Å². The van der Waals surface area contributed by atoms with Gasteiger partial charge in [0.15, 0.2) is 5.13 Å². The predicted octanol–water partition coefficient (Wildman–Crippen LogP) is 5.16. The number of methoxy groups -OCH3 is 2. The van der Waals surface area contributed by atoms with E-state index in [9.17, 15) is 24.8 Å². The second-order valence-corrected chi connectivity index (χ2v) is 9.54. The number of Topliss-reactive ketones (excluding diaryl/α,β-unsaturated/α-hetero) is 1. The number of rotatable bonds is 6. The zero-order valence-corrected chi connectivity index (χ0v) is 21.3. The number of benzene rings is 3. The maximum absolute atomic E-state index is 13.4. The van der Waals surface area contributed by atoms with Crippen molar-refractivity contribution < 1.29 is 29.1 Å². The molecule has 1 atom stereocenters. The lowest BCUT2D eigenvalue weighted by molar-refractivity contribution is -0.384. The molecule has 1 fully saturated rings. The summed E-state index contributed by atoms with van der Waals surface area (Å²) < 4.78 is 11.3. The van der Waals surface area contributed by atoms with Gasteiger partial charge in [-0.1, -0.05) is 11.3 Å². The second kappa shape index (κ2) is 9.60. The van der Waals surface area contributed by atoms with Crippen molar-refractivity contribution in [2.24, 2.45) is 0 Å². The van der Waals surface area contributed by atoms with Gasteiger partial charge in [-0.3, -0.25) is 24.6 Å². The molecule has 3 aromatic carbocycles. The second-order valence-electron chi connectivity index (χ2n) is 8.53. The number of nitrogens with zero attached hydrogens (tertiary/aromatic N) is 3. The van der Waals surface area contributed by atoms with Crippen LogP contribution in [-0.2, 0) is 9.59 Å². The summed E-state index contributed by atoms with van der Waals surface area (Å²) in [7, 11) is 3.06. The van der Waals surface area contributed by atoms with E-state index in [1.807, 2.05) is 0 Å². The topological polar surface area (TPSA) is 132 Å². The third-order valence-corrected chi connectivity index (χ3v) is 7.34. The van der Waals surface area contributed by atoms with Crippen molar-refractivity contribution >= 4 is 49.8 Å². The molecule has 38 heavy (non-hydrogen) atoms. The van der Waals surface area contributed by atoms with Crippen LogP contribution in [0.1, 0.15) is 22.7 Å². The number of anilines is 1. The lowest BCUT2D eigenvalue weighted by Gasteiger charge is -2.23. The van der Waals surface area contributed by atoms with Crippen LogP contribution in [0.2, 0.25) is 0 Å². The minimum Gasteiger partial charge on any atom is -0.507 e. The van der Waals surface area contributed by atoms with Crippen molar-refractivity contribution in [1.29, 1.82) is 0 Å². The summed E-state index contributed by atoms with van der Waals surface area (Å²) in [6.07, 6.45) is 0. The SMILES string of the molecule is COc1ccc2nc(N3C(=O)C(=O)C(=C(O)c4ccc(OC)c(C)c4)[C@H]3c3ccc([N+](=O)[O-])cc3)sc2c1. The van der Waals surface area contributed by atoms with E-state index in [0.717, 1.165) is 10.3 Å². The smallest absolute Gasteiger partial charge is 0.301 e. The van der Waals surface area contributed by atoms with Crippen LogP contribution in [-0.4, -0.2) is 40.9 Å². The number of ether oxygens (including phenoxy) is 2. The number of ketones is 1. The summed E-state index contributed by atoms with van der Waals surface area (Å²) in [5, 5.41) is 22.8. The Labute approximate surface area is 220 Å². The zero-order chi connectivity index (χ0) is 27.1. The highest BCUT2D eigenvalue weighted by Gasteiger charge is 2.48. The number of hydrogen-bond acceptors (Lipinski definition) is 9. The number of aliphatic hydroxyl groups excluding tert-OH is 1. The summed E-state index contributed by atoms with van der Waals surface area (Å²) in [5.74, 6) is -0.930. The van der Waals surface area contributed by atoms with Crippen LogP contribution in [0.25, 0.3) is 16.0 Å². The number of nitro groups is 1. The van der Waals surface area contributed by atoms with Gasteiger partial charge in [0.1, 0.15) is 17.3 Å². The summed E-state index contributed by atoms with van der Waals surface area (Å²) >= 11 is 1.19. The molecule has 4 aromatic rings. The highest BCUT2D eigenvalue weighted by Crippen LogP contribution is 2.45. The van der Waals surface area contributed by atoms with Gasteiger partial charge in [-0.15, -0.1) is 0 Å². The fraction of sp³-hybridized carbons (Fsp3) is 0.148. The zero-order valence-electron chi connectivity index (χ0n) is 20.5. The minimum absolute atomic E-state index is 0.148. The Kier molecular flexibility index (Phi) is 6.29. The third kappa shape index (κ3) is 4.12. The Morgan fingerprint density at radius 1 is 1.05 bits per heavy atom. The van der Waals surface area contributed by atoms with Crippen LogP contribution in [0.5, 0.6) is 11.5 Å². The summed E-state index contributed by atoms with van der Waals surface area (Å²) in [5.41, 5.74) is 1.74. The van der Waals surface area contributed by atoms with Crippen molar-refractivity contribution in [3.8, 4) is 11.5 Å². The highest BCUT2D eigenvalue weighted by molar-refractivity contribution is 7.22.